The van der Waals surface area contributed by atoms with Crippen LogP contribution in [0.15, 0.2) is 71.3 Å². The Balaban J connectivity index is 1.47. The summed E-state index contributed by atoms with van der Waals surface area (Å²) in [5.74, 6) is 0.127. The molecule has 4 rings (SSSR count). The molecule has 33 heavy (non-hydrogen) atoms. The molecule has 0 spiro atoms. The van der Waals surface area contributed by atoms with Crippen LogP contribution in [0.25, 0.3) is 10.8 Å². The number of nitrogens with zero attached hydrogens (tertiary/aromatic N) is 1. The minimum atomic E-state index is -0.522. The molecule has 4 aromatic rings. The van der Waals surface area contributed by atoms with Crippen molar-refractivity contribution in [2.24, 2.45) is 0 Å². The van der Waals surface area contributed by atoms with Crippen LogP contribution in [0, 0.1) is 13.8 Å². The Hall–Kier alpha value is -4.13. The maximum absolute atomic E-state index is 13.0. The number of hydrogen-bond donors (Lipinski definition) is 1. The number of aromatic nitrogens is 1. The van der Waals surface area contributed by atoms with Gasteiger partial charge in [0, 0.05) is 0 Å². The summed E-state index contributed by atoms with van der Waals surface area (Å²) in [6, 6.07) is 20.6. The number of fused-ring (bicyclic) bond motifs is 1. The molecular weight excluding hydrogens is 420 g/mol. The molecule has 0 aliphatic rings. The zero-order chi connectivity index (χ0) is 23.2. The topological polar surface area (TPSA) is 90.7 Å². The highest BCUT2D eigenvalue weighted by atomic mass is 16.5. The average Bonchev–Trinajstić information content (AvgIpc) is 3.16. The molecule has 168 valence electrons. The molecule has 0 atom stereocenters. The van der Waals surface area contributed by atoms with E-state index in [-0.39, 0.29) is 19.8 Å². The van der Waals surface area contributed by atoms with E-state index in [4.69, 9.17) is 14.0 Å². The molecule has 0 radical (unpaired) electrons. The Bertz CT molecular complexity index is 1260. The molecule has 1 amide bonds. The lowest BCUT2D eigenvalue weighted by Crippen LogP contribution is -2.30. The van der Waals surface area contributed by atoms with Gasteiger partial charge in [0.1, 0.15) is 31.3 Å². The summed E-state index contributed by atoms with van der Waals surface area (Å²) in [4.78, 5) is 25.1. The third-order valence-electron chi connectivity index (χ3n) is 5.28. The molecule has 0 saturated heterocycles. The number of aryl methyl sites for hydroxylation is 2. The van der Waals surface area contributed by atoms with Gasteiger partial charge >= 0.3 is 5.97 Å². The molecule has 7 nitrogen and oxygen atoms in total. The molecule has 1 N–H and O–H groups in total. The molecule has 0 fully saturated rings. The van der Waals surface area contributed by atoms with E-state index in [0.717, 1.165) is 27.6 Å². The van der Waals surface area contributed by atoms with Gasteiger partial charge in [0.25, 0.3) is 5.91 Å². The van der Waals surface area contributed by atoms with Crippen molar-refractivity contribution in [1.29, 1.82) is 0 Å². The van der Waals surface area contributed by atoms with Crippen molar-refractivity contribution < 1.29 is 23.6 Å². The van der Waals surface area contributed by atoms with Crippen LogP contribution in [-0.4, -0.2) is 23.6 Å². The zero-order valence-electron chi connectivity index (χ0n) is 18.5. The number of hydrogen-bond acceptors (Lipinski definition) is 6. The molecule has 0 unspecified atom stereocenters. The number of amides is 1. The second-order valence-corrected chi connectivity index (χ2v) is 7.62. The monoisotopic (exact) mass is 444 g/mol. The van der Waals surface area contributed by atoms with Gasteiger partial charge in [-0.25, -0.2) is 0 Å². The SMILES string of the molecule is Cc1noc(C)c1COc1cc2ccccc2cc1C(=O)NCC(=O)OCc1ccccc1. The van der Waals surface area contributed by atoms with Crippen LogP contribution in [0.1, 0.15) is 32.9 Å². The predicted octanol–water partition coefficient (Wildman–Crippen LogP) is 4.50. The summed E-state index contributed by atoms with van der Waals surface area (Å²) in [7, 11) is 0. The van der Waals surface area contributed by atoms with E-state index in [2.05, 4.69) is 10.5 Å². The van der Waals surface area contributed by atoms with Gasteiger partial charge in [-0.3, -0.25) is 9.59 Å². The van der Waals surface area contributed by atoms with Crippen molar-refractivity contribution in [3.63, 3.8) is 0 Å². The fourth-order valence-electron chi connectivity index (χ4n) is 3.41. The van der Waals surface area contributed by atoms with Gasteiger partial charge in [0.2, 0.25) is 0 Å². The van der Waals surface area contributed by atoms with Crippen LogP contribution >= 0.6 is 0 Å². The summed E-state index contributed by atoms with van der Waals surface area (Å²) in [5, 5.41) is 8.39. The normalized spacial score (nSPS) is 10.7. The number of ether oxygens (including phenoxy) is 2. The van der Waals surface area contributed by atoms with Gasteiger partial charge in [0.15, 0.2) is 0 Å². The standard InChI is InChI=1S/C26H24N2O5/c1-17-23(18(2)33-28-17)16-31-24-13-21-11-7-6-10-20(21)12-22(24)26(30)27-14-25(29)32-15-19-8-4-3-5-9-19/h3-13H,14-16H2,1-2H3,(H,27,30). The Kier molecular flexibility index (Phi) is 6.69. The second-order valence-electron chi connectivity index (χ2n) is 7.62. The molecule has 1 aromatic heterocycles. The summed E-state index contributed by atoms with van der Waals surface area (Å²) in [6.07, 6.45) is 0. The summed E-state index contributed by atoms with van der Waals surface area (Å²) in [5.41, 5.74) is 2.78. The number of carbonyl (C=O) groups is 2. The molecule has 0 bridgehead atoms. The van der Waals surface area contributed by atoms with Crippen molar-refractivity contribution in [3.8, 4) is 5.75 Å². The Morgan fingerprint density at radius 3 is 2.33 bits per heavy atom. The molecule has 0 aliphatic carbocycles. The van der Waals surface area contributed by atoms with Crippen molar-refractivity contribution in [1.82, 2.24) is 10.5 Å². The fraction of sp³-hybridized carbons (Fsp3) is 0.192. The molecular formula is C26H24N2O5. The lowest BCUT2D eigenvalue weighted by Gasteiger charge is -2.13. The summed E-state index contributed by atoms with van der Waals surface area (Å²) < 4.78 is 16.4. The third-order valence-corrected chi connectivity index (χ3v) is 5.28. The van der Waals surface area contributed by atoms with Crippen LogP contribution < -0.4 is 10.1 Å². The van der Waals surface area contributed by atoms with Crippen molar-refractivity contribution in [3.05, 3.63) is 94.9 Å². The first-order valence-corrected chi connectivity index (χ1v) is 10.6. The smallest absolute Gasteiger partial charge is 0.325 e. The van der Waals surface area contributed by atoms with Gasteiger partial charge in [0.05, 0.1) is 16.8 Å². The van der Waals surface area contributed by atoms with Crippen LogP contribution in [0.5, 0.6) is 5.75 Å². The van der Waals surface area contributed by atoms with Gasteiger partial charge < -0.3 is 19.3 Å². The second kappa shape index (κ2) is 9.99. The van der Waals surface area contributed by atoms with E-state index in [1.807, 2.05) is 74.5 Å². The van der Waals surface area contributed by atoms with E-state index in [1.54, 1.807) is 6.07 Å². The van der Waals surface area contributed by atoms with E-state index >= 15 is 0 Å². The number of benzene rings is 3. The maximum atomic E-state index is 13.0. The van der Waals surface area contributed by atoms with Crippen LogP contribution in [0.2, 0.25) is 0 Å². The first-order valence-electron chi connectivity index (χ1n) is 10.6. The highest BCUT2D eigenvalue weighted by molar-refractivity contribution is 6.02. The lowest BCUT2D eigenvalue weighted by molar-refractivity contribution is -0.143. The molecule has 0 saturated carbocycles. The molecule has 7 heteroatoms. The number of rotatable bonds is 8. The van der Waals surface area contributed by atoms with Crippen molar-refractivity contribution >= 4 is 22.6 Å². The molecule has 3 aromatic carbocycles. The van der Waals surface area contributed by atoms with E-state index in [0.29, 0.717) is 17.1 Å². The number of carbonyl (C=O) groups excluding carboxylic acids is 2. The molecule has 0 aliphatic heterocycles. The van der Waals surface area contributed by atoms with Gasteiger partial charge in [-0.05, 0) is 42.3 Å². The Labute approximate surface area is 191 Å². The first-order chi connectivity index (χ1) is 16.0. The minimum absolute atomic E-state index is 0.150. The van der Waals surface area contributed by atoms with E-state index < -0.39 is 11.9 Å². The van der Waals surface area contributed by atoms with Gasteiger partial charge in [-0.1, -0.05) is 59.8 Å². The highest BCUT2D eigenvalue weighted by Gasteiger charge is 2.17. The Morgan fingerprint density at radius 1 is 0.939 bits per heavy atom. The van der Waals surface area contributed by atoms with Gasteiger partial charge in [-0.2, -0.15) is 0 Å². The first kappa shape index (κ1) is 22.1. The van der Waals surface area contributed by atoms with E-state index in [9.17, 15) is 9.59 Å². The van der Waals surface area contributed by atoms with E-state index in [1.165, 1.54) is 0 Å². The largest absolute Gasteiger partial charge is 0.488 e. The average molecular weight is 444 g/mol. The molecule has 1 heterocycles. The third kappa shape index (κ3) is 5.38. The summed E-state index contributed by atoms with van der Waals surface area (Å²) in [6.45, 7) is 3.76. The number of nitrogens with one attached hydrogen (secondary N) is 1. The highest BCUT2D eigenvalue weighted by Crippen LogP contribution is 2.27. The minimum Gasteiger partial charge on any atom is -0.488 e. The van der Waals surface area contributed by atoms with Gasteiger partial charge in [-0.15, -0.1) is 0 Å². The summed E-state index contributed by atoms with van der Waals surface area (Å²) >= 11 is 0. The fourth-order valence-corrected chi connectivity index (χ4v) is 3.41. The zero-order valence-corrected chi connectivity index (χ0v) is 18.5. The maximum Gasteiger partial charge on any atom is 0.325 e. The predicted molar refractivity (Wildman–Crippen MR) is 123 cm³/mol. The lowest BCUT2D eigenvalue weighted by atomic mass is 10.1. The van der Waals surface area contributed by atoms with Crippen LogP contribution in [0.4, 0.5) is 0 Å². The Morgan fingerprint density at radius 2 is 1.64 bits per heavy atom. The quantitative estimate of drug-likeness (QED) is 0.403. The van der Waals surface area contributed by atoms with Crippen molar-refractivity contribution in [2.75, 3.05) is 6.54 Å². The van der Waals surface area contributed by atoms with Crippen LogP contribution in [-0.2, 0) is 22.7 Å². The van der Waals surface area contributed by atoms with Crippen molar-refractivity contribution in [2.45, 2.75) is 27.1 Å². The van der Waals surface area contributed by atoms with Crippen LogP contribution in [0.3, 0.4) is 0 Å². The number of esters is 1.